The van der Waals surface area contributed by atoms with Crippen molar-refractivity contribution in [3.8, 4) is 11.1 Å². The summed E-state index contributed by atoms with van der Waals surface area (Å²) in [4.78, 5) is 2.34. The Bertz CT molecular complexity index is 1670. The van der Waals surface area contributed by atoms with Crippen molar-refractivity contribution in [2.24, 2.45) is 0 Å². The highest BCUT2D eigenvalue weighted by Crippen LogP contribution is 2.55. The van der Waals surface area contributed by atoms with E-state index in [1.54, 1.807) is 0 Å². The average molecular weight is 653 g/mol. The van der Waals surface area contributed by atoms with Gasteiger partial charge in [0.2, 0.25) is 0 Å². The fraction of sp³-hybridized carbons (Fsp3) is 0.222. The first kappa shape index (κ1) is 26.0. The summed E-state index contributed by atoms with van der Waals surface area (Å²) >= 11 is 7.21. The predicted octanol–water partition coefficient (Wildman–Crippen LogP) is 11.5. The van der Waals surface area contributed by atoms with Crippen LogP contribution in [-0.2, 0) is 15.9 Å². The first-order chi connectivity index (χ1) is 19.3. The Morgan fingerprint density at radius 1 is 0.650 bits per heavy atom. The molecule has 0 aromatic heterocycles. The van der Waals surface area contributed by atoms with Crippen LogP contribution in [0.5, 0.6) is 0 Å². The molecule has 1 heterocycles. The molecule has 7 rings (SSSR count). The van der Waals surface area contributed by atoms with Gasteiger partial charge in [-0.1, -0.05) is 87.2 Å². The van der Waals surface area contributed by atoms with E-state index in [1.807, 2.05) is 0 Å². The van der Waals surface area contributed by atoms with Crippen LogP contribution in [0.4, 0.5) is 17.1 Å². The molecular weight excluding hydrogens is 622 g/mol. The fourth-order valence-corrected chi connectivity index (χ4v) is 7.39. The molecule has 0 bridgehead atoms. The quantitative estimate of drug-likeness (QED) is 0.191. The van der Waals surface area contributed by atoms with Crippen LogP contribution < -0.4 is 4.90 Å². The zero-order chi connectivity index (χ0) is 27.5. The average Bonchev–Trinajstić information content (AvgIpc) is 3.52. The van der Waals surface area contributed by atoms with Gasteiger partial charge in [-0.3, -0.25) is 0 Å². The molecule has 1 spiro atoms. The maximum Gasteiger partial charge on any atom is 0.0946 e. The number of benzene rings is 5. The van der Waals surface area contributed by atoms with E-state index in [1.165, 1.54) is 45.9 Å². The van der Waals surface area contributed by atoms with Gasteiger partial charge in [-0.05, 0) is 115 Å². The van der Waals surface area contributed by atoms with E-state index in [0.717, 1.165) is 38.8 Å². The number of ether oxygens (including phenoxy) is 1. The largest absolute Gasteiger partial charge is 0.360 e. The van der Waals surface area contributed by atoms with Crippen LogP contribution in [0.25, 0.3) is 21.9 Å². The second-order valence-corrected chi connectivity index (χ2v) is 13.4. The van der Waals surface area contributed by atoms with Gasteiger partial charge in [0, 0.05) is 25.7 Å². The van der Waals surface area contributed by atoms with E-state index in [4.69, 9.17) is 4.74 Å². The van der Waals surface area contributed by atoms with E-state index in [0.29, 0.717) is 0 Å². The normalized spacial score (nSPS) is 16.9. The first-order valence-electron chi connectivity index (χ1n) is 14.0. The van der Waals surface area contributed by atoms with Crippen molar-refractivity contribution in [2.75, 3.05) is 4.90 Å². The van der Waals surface area contributed by atoms with Crippen molar-refractivity contribution in [3.63, 3.8) is 0 Å². The number of fused-ring (bicyclic) bond motifs is 3. The summed E-state index contributed by atoms with van der Waals surface area (Å²) in [5.41, 5.74) is 8.22. The summed E-state index contributed by atoms with van der Waals surface area (Å²) in [5.74, 6) is 0. The van der Waals surface area contributed by atoms with Crippen molar-refractivity contribution in [2.45, 2.75) is 50.7 Å². The summed E-state index contributed by atoms with van der Waals surface area (Å²) in [7, 11) is 0. The van der Waals surface area contributed by atoms with Crippen LogP contribution in [0.1, 0.15) is 50.7 Å². The van der Waals surface area contributed by atoms with E-state index >= 15 is 0 Å². The minimum Gasteiger partial charge on any atom is -0.360 e. The highest BCUT2D eigenvalue weighted by Gasteiger charge is 2.50. The minimum absolute atomic E-state index is 0.0981. The highest BCUT2D eigenvalue weighted by atomic mass is 79.9. The molecule has 1 aliphatic carbocycles. The molecule has 0 amide bonds. The molecule has 1 aliphatic heterocycles. The number of hydrogen-bond donors (Lipinski definition) is 0. The van der Waals surface area contributed by atoms with Gasteiger partial charge in [-0.2, -0.15) is 0 Å². The number of nitrogens with zero attached hydrogens (tertiary/aromatic N) is 1. The Labute approximate surface area is 253 Å². The second-order valence-electron chi connectivity index (χ2n) is 11.5. The molecule has 0 N–H and O–H groups in total. The molecule has 200 valence electrons. The molecule has 5 aromatic rings. The number of rotatable bonds is 4. The molecule has 2 aliphatic rings. The van der Waals surface area contributed by atoms with Crippen LogP contribution in [0.2, 0.25) is 0 Å². The Balaban J connectivity index is 1.40. The zero-order valence-corrected chi connectivity index (χ0v) is 25.9. The maximum absolute atomic E-state index is 6.80. The van der Waals surface area contributed by atoms with Crippen molar-refractivity contribution in [1.29, 1.82) is 0 Å². The standard InChI is InChI=1S/C36H31Br2NO/c1-35(2)33-23-24(9-19-32(33)36(40-35)21-5-6-22-36)29-18-20-34(31-8-4-3-7-30(29)31)39(27-14-10-25(37)11-15-27)28-16-12-26(38)13-17-28/h3-4,7-20,23H,5-6,21-22H2,1-2H3. The van der Waals surface area contributed by atoms with Crippen molar-refractivity contribution < 1.29 is 4.74 Å². The smallest absolute Gasteiger partial charge is 0.0946 e. The van der Waals surface area contributed by atoms with Crippen molar-refractivity contribution >= 4 is 59.7 Å². The Morgan fingerprint density at radius 2 is 1.25 bits per heavy atom. The minimum atomic E-state index is -0.286. The molecule has 0 atom stereocenters. The summed E-state index contributed by atoms with van der Waals surface area (Å²) in [6, 6.07) is 37.5. The lowest BCUT2D eigenvalue weighted by Crippen LogP contribution is -2.25. The van der Waals surface area contributed by atoms with Crippen molar-refractivity contribution in [1.82, 2.24) is 0 Å². The molecule has 0 saturated heterocycles. The van der Waals surface area contributed by atoms with Gasteiger partial charge in [0.25, 0.3) is 0 Å². The highest BCUT2D eigenvalue weighted by molar-refractivity contribution is 9.10. The Kier molecular flexibility index (Phi) is 6.42. The predicted molar refractivity (Wildman–Crippen MR) is 174 cm³/mol. The van der Waals surface area contributed by atoms with Crippen LogP contribution in [0.3, 0.4) is 0 Å². The molecule has 1 fully saturated rings. The summed E-state index contributed by atoms with van der Waals surface area (Å²) < 4.78 is 8.93. The molecular formula is C36H31Br2NO. The zero-order valence-electron chi connectivity index (χ0n) is 22.8. The third kappa shape index (κ3) is 4.32. The number of anilines is 3. The molecule has 0 unspecified atom stereocenters. The second kappa shape index (κ2) is 9.87. The number of halogens is 2. The molecule has 0 radical (unpaired) electrons. The fourth-order valence-electron chi connectivity index (χ4n) is 6.86. The van der Waals surface area contributed by atoms with Crippen molar-refractivity contribution in [3.05, 3.63) is 123 Å². The third-order valence-corrected chi connectivity index (χ3v) is 9.70. The van der Waals surface area contributed by atoms with Gasteiger partial charge >= 0.3 is 0 Å². The summed E-state index contributed by atoms with van der Waals surface area (Å²) in [5, 5.41) is 2.46. The topological polar surface area (TPSA) is 12.5 Å². The number of hydrogen-bond acceptors (Lipinski definition) is 2. The van der Waals surface area contributed by atoms with E-state index in [9.17, 15) is 0 Å². The Hall–Kier alpha value is -2.92. The van der Waals surface area contributed by atoms with Crippen LogP contribution in [0.15, 0.2) is 112 Å². The molecule has 5 aromatic carbocycles. The van der Waals surface area contributed by atoms with E-state index in [2.05, 4.69) is 154 Å². The van der Waals surface area contributed by atoms with Gasteiger partial charge in [-0.15, -0.1) is 0 Å². The third-order valence-electron chi connectivity index (χ3n) is 8.64. The summed E-state index contributed by atoms with van der Waals surface area (Å²) in [6.45, 7) is 4.47. The lowest BCUT2D eigenvalue weighted by atomic mass is 9.85. The van der Waals surface area contributed by atoms with Gasteiger partial charge in [0.1, 0.15) is 0 Å². The SMILES string of the molecule is CC1(C)OC2(CCCC2)c2ccc(-c3ccc(N(c4ccc(Br)cc4)c4ccc(Br)cc4)c4ccccc34)cc21. The molecule has 4 heteroatoms. The molecule has 2 nitrogen and oxygen atoms in total. The summed E-state index contributed by atoms with van der Waals surface area (Å²) in [6.07, 6.45) is 4.75. The van der Waals surface area contributed by atoms with Gasteiger partial charge < -0.3 is 9.64 Å². The van der Waals surface area contributed by atoms with Gasteiger partial charge in [0.15, 0.2) is 0 Å². The van der Waals surface area contributed by atoms with E-state index in [-0.39, 0.29) is 11.2 Å². The molecule has 1 saturated carbocycles. The van der Waals surface area contributed by atoms with Crippen LogP contribution in [0, 0.1) is 0 Å². The Morgan fingerprint density at radius 3 is 1.88 bits per heavy atom. The molecule has 40 heavy (non-hydrogen) atoms. The van der Waals surface area contributed by atoms with Crippen LogP contribution >= 0.6 is 31.9 Å². The van der Waals surface area contributed by atoms with Crippen LogP contribution in [-0.4, -0.2) is 0 Å². The van der Waals surface area contributed by atoms with Gasteiger partial charge in [0.05, 0.1) is 16.9 Å². The van der Waals surface area contributed by atoms with E-state index < -0.39 is 0 Å². The van der Waals surface area contributed by atoms with Gasteiger partial charge in [-0.25, -0.2) is 0 Å². The maximum atomic E-state index is 6.80. The lowest BCUT2D eigenvalue weighted by Gasteiger charge is -2.28. The lowest BCUT2D eigenvalue weighted by molar-refractivity contribution is -0.122. The first-order valence-corrected chi connectivity index (χ1v) is 15.6. The monoisotopic (exact) mass is 651 g/mol.